The maximum Gasteiger partial charge on any atom is 0.223 e. The number of hydrogen-bond donors (Lipinski definition) is 2. The minimum absolute atomic E-state index is 0.196. The summed E-state index contributed by atoms with van der Waals surface area (Å²) in [6.45, 7) is 7.24. The Bertz CT molecular complexity index is 451. The number of carbonyl (C=O) groups is 1. The molecule has 0 aromatic heterocycles. The monoisotopic (exact) mass is 342 g/mol. The second-order valence-corrected chi connectivity index (χ2v) is 5.89. The van der Waals surface area contributed by atoms with Gasteiger partial charge >= 0.3 is 0 Å². The van der Waals surface area contributed by atoms with E-state index in [-0.39, 0.29) is 17.9 Å². The smallest absolute Gasteiger partial charge is 0.223 e. The third-order valence-corrected chi connectivity index (χ3v) is 3.61. The van der Waals surface area contributed by atoms with E-state index in [4.69, 9.17) is 10.5 Å². The minimum Gasteiger partial charge on any atom is -0.492 e. The molecular formula is C15H23BrN2O2. The number of nitrogens with one attached hydrogen (secondary N) is 1. The molecule has 0 aliphatic rings. The van der Waals surface area contributed by atoms with Crippen molar-refractivity contribution in [1.29, 1.82) is 0 Å². The predicted molar refractivity (Wildman–Crippen MR) is 84.7 cm³/mol. The molecule has 0 spiro atoms. The Morgan fingerprint density at radius 2 is 2.15 bits per heavy atom. The van der Waals surface area contributed by atoms with E-state index in [2.05, 4.69) is 35.1 Å². The van der Waals surface area contributed by atoms with Crippen LogP contribution >= 0.6 is 15.9 Å². The summed E-state index contributed by atoms with van der Waals surface area (Å²) in [6, 6.07) is 6.14. The first kappa shape index (κ1) is 17.0. The standard InChI is InChI=1S/C15H23BrN2O2/c1-4-7-18-11(3)13-6-5-12(16)8-14(13)20-9-10(2)15(17)19/h5-6,8,10-11,18H,4,7,9H2,1-3H3,(H2,17,19). The van der Waals surface area contributed by atoms with Crippen molar-refractivity contribution in [3.63, 3.8) is 0 Å². The van der Waals surface area contributed by atoms with Gasteiger partial charge in [-0.2, -0.15) is 0 Å². The zero-order valence-corrected chi connectivity index (χ0v) is 13.9. The Balaban J connectivity index is 2.81. The molecule has 1 aromatic rings. The van der Waals surface area contributed by atoms with Gasteiger partial charge in [-0.15, -0.1) is 0 Å². The molecule has 0 aliphatic carbocycles. The first-order valence-corrected chi connectivity index (χ1v) is 7.70. The predicted octanol–water partition coefficient (Wildman–Crippen LogP) is 3.01. The van der Waals surface area contributed by atoms with Crippen LogP contribution in [0.1, 0.15) is 38.8 Å². The van der Waals surface area contributed by atoms with Crippen molar-refractivity contribution >= 4 is 21.8 Å². The van der Waals surface area contributed by atoms with Crippen LogP contribution in [-0.4, -0.2) is 19.1 Å². The van der Waals surface area contributed by atoms with Crippen molar-refractivity contribution in [2.75, 3.05) is 13.2 Å². The zero-order valence-electron chi connectivity index (χ0n) is 12.3. The highest BCUT2D eigenvalue weighted by Crippen LogP contribution is 2.29. The quantitative estimate of drug-likeness (QED) is 0.763. The highest BCUT2D eigenvalue weighted by Gasteiger charge is 2.14. The van der Waals surface area contributed by atoms with Gasteiger partial charge in [0.05, 0.1) is 12.5 Å². The van der Waals surface area contributed by atoms with E-state index in [1.165, 1.54) is 0 Å². The molecule has 1 rings (SSSR count). The summed E-state index contributed by atoms with van der Waals surface area (Å²) in [5, 5.41) is 3.43. The van der Waals surface area contributed by atoms with E-state index in [9.17, 15) is 4.79 Å². The van der Waals surface area contributed by atoms with Crippen LogP contribution in [0.25, 0.3) is 0 Å². The summed E-state index contributed by atoms with van der Waals surface area (Å²) in [5.74, 6) is 0.128. The minimum atomic E-state index is -0.348. The van der Waals surface area contributed by atoms with Gasteiger partial charge in [-0.25, -0.2) is 0 Å². The average Bonchev–Trinajstić information content (AvgIpc) is 2.42. The summed E-state index contributed by atoms with van der Waals surface area (Å²) in [4.78, 5) is 11.1. The van der Waals surface area contributed by atoms with Gasteiger partial charge in [0.2, 0.25) is 5.91 Å². The molecule has 3 N–H and O–H groups in total. The molecule has 2 unspecified atom stereocenters. The molecule has 0 saturated carbocycles. The lowest BCUT2D eigenvalue weighted by Crippen LogP contribution is -2.26. The maximum absolute atomic E-state index is 11.1. The van der Waals surface area contributed by atoms with Gasteiger partial charge in [0.15, 0.2) is 0 Å². The van der Waals surface area contributed by atoms with E-state index in [0.29, 0.717) is 6.61 Å². The lowest BCUT2D eigenvalue weighted by atomic mass is 10.1. The van der Waals surface area contributed by atoms with Crippen molar-refractivity contribution in [3.8, 4) is 5.75 Å². The average molecular weight is 343 g/mol. The maximum atomic E-state index is 11.1. The van der Waals surface area contributed by atoms with Gasteiger partial charge in [0.1, 0.15) is 5.75 Å². The van der Waals surface area contributed by atoms with Gasteiger partial charge < -0.3 is 15.8 Å². The van der Waals surface area contributed by atoms with E-state index >= 15 is 0 Å². The van der Waals surface area contributed by atoms with Gasteiger partial charge in [-0.05, 0) is 32.0 Å². The van der Waals surface area contributed by atoms with E-state index in [1.807, 2.05) is 18.2 Å². The molecule has 20 heavy (non-hydrogen) atoms. The van der Waals surface area contributed by atoms with Crippen LogP contribution in [0.4, 0.5) is 0 Å². The number of benzene rings is 1. The molecule has 1 aromatic carbocycles. The summed E-state index contributed by atoms with van der Waals surface area (Å²) in [6.07, 6.45) is 1.08. The molecule has 0 bridgehead atoms. The summed E-state index contributed by atoms with van der Waals surface area (Å²) >= 11 is 3.44. The van der Waals surface area contributed by atoms with Crippen molar-refractivity contribution in [3.05, 3.63) is 28.2 Å². The van der Waals surface area contributed by atoms with Crippen LogP contribution in [-0.2, 0) is 4.79 Å². The molecule has 0 fully saturated rings. The van der Waals surface area contributed by atoms with Gasteiger partial charge in [0.25, 0.3) is 0 Å². The van der Waals surface area contributed by atoms with Crippen LogP contribution < -0.4 is 15.8 Å². The van der Waals surface area contributed by atoms with Crippen LogP contribution in [0.15, 0.2) is 22.7 Å². The molecular weight excluding hydrogens is 320 g/mol. The van der Waals surface area contributed by atoms with Gasteiger partial charge in [0, 0.05) is 16.1 Å². The topological polar surface area (TPSA) is 64.3 Å². The van der Waals surface area contributed by atoms with Crippen molar-refractivity contribution in [2.45, 2.75) is 33.2 Å². The Kier molecular flexibility index (Phi) is 7.02. The third kappa shape index (κ3) is 5.13. The lowest BCUT2D eigenvalue weighted by molar-refractivity contribution is -0.122. The highest BCUT2D eigenvalue weighted by molar-refractivity contribution is 9.10. The first-order valence-electron chi connectivity index (χ1n) is 6.90. The first-order chi connectivity index (χ1) is 9.45. The van der Waals surface area contributed by atoms with Crippen molar-refractivity contribution in [1.82, 2.24) is 5.32 Å². The molecule has 0 saturated heterocycles. The van der Waals surface area contributed by atoms with Gasteiger partial charge in [-0.3, -0.25) is 4.79 Å². The van der Waals surface area contributed by atoms with Crippen LogP contribution in [0.2, 0.25) is 0 Å². The molecule has 0 radical (unpaired) electrons. The Morgan fingerprint density at radius 1 is 1.45 bits per heavy atom. The molecule has 1 amide bonds. The number of halogens is 1. The van der Waals surface area contributed by atoms with E-state index in [1.54, 1.807) is 6.92 Å². The molecule has 2 atom stereocenters. The Morgan fingerprint density at radius 3 is 2.75 bits per heavy atom. The fourth-order valence-corrected chi connectivity index (χ4v) is 2.10. The summed E-state index contributed by atoms with van der Waals surface area (Å²) in [7, 11) is 0. The molecule has 5 heteroatoms. The number of hydrogen-bond acceptors (Lipinski definition) is 3. The lowest BCUT2D eigenvalue weighted by Gasteiger charge is -2.19. The molecule has 0 heterocycles. The van der Waals surface area contributed by atoms with Crippen molar-refractivity contribution < 1.29 is 9.53 Å². The van der Waals surface area contributed by atoms with Crippen molar-refractivity contribution in [2.24, 2.45) is 11.7 Å². The largest absolute Gasteiger partial charge is 0.492 e. The highest BCUT2D eigenvalue weighted by atomic mass is 79.9. The zero-order chi connectivity index (χ0) is 15.1. The Hall–Kier alpha value is -1.07. The number of nitrogens with two attached hydrogens (primary N) is 1. The fourth-order valence-electron chi connectivity index (χ4n) is 1.76. The molecule has 4 nitrogen and oxygen atoms in total. The fraction of sp³-hybridized carbons (Fsp3) is 0.533. The SMILES string of the molecule is CCCNC(C)c1ccc(Br)cc1OCC(C)C(N)=O. The van der Waals surface area contributed by atoms with E-state index < -0.39 is 0 Å². The van der Waals surface area contributed by atoms with Crippen LogP contribution in [0.3, 0.4) is 0 Å². The second kappa shape index (κ2) is 8.27. The number of ether oxygens (including phenoxy) is 1. The Labute approximate surface area is 129 Å². The van der Waals surface area contributed by atoms with Crippen LogP contribution in [0.5, 0.6) is 5.75 Å². The normalized spacial score (nSPS) is 13.8. The molecule has 112 valence electrons. The second-order valence-electron chi connectivity index (χ2n) is 4.97. The van der Waals surface area contributed by atoms with Gasteiger partial charge in [-0.1, -0.05) is 35.8 Å². The summed E-state index contributed by atoms with van der Waals surface area (Å²) in [5.41, 5.74) is 6.33. The number of primary amides is 1. The number of carbonyl (C=O) groups excluding carboxylic acids is 1. The van der Waals surface area contributed by atoms with E-state index in [0.717, 1.165) is 28.8 Å². The molecule has 0 aliphatic heterocycles. The number of rotatable bonds is 8. The third-order valence-electron chi connectivity index (χ3n) is 3.12. The van der Waals surface area contributed by atoms with Crippen LogP contribution in [0, 0.1) is 5.92 Å². The number of amides is 1. The summed E-state index contributed by atoms with van der Waals surface area (Å²) < 4.78 is 6.72.